The van der Waals surface area contributed by atoms with Crippen LogP contribution >= 0.6 is 9.24 Å². The van der Waals surface area contributed by atoms with Crippen molar-refractivity contribution in [2.24, 2.45) is 0 Å². The molecule has 0 bridgehead atoms. The molecule has 0 aromatic rings. The quantitative estimate of drug-likeness (QED) is 0.381. The number of rotatable bonds is 8. The molecule has 1 aliphatic rings. The number of nitrogens with zero attached hydrogens (tertiary/aromatic N) is 1. The van der Waals surface area contributed by atoms with Crippen molar-refractivity contribution in [3.63, 3.8) is 0 Å². The van der Waals surface area contributed by atoms with Gasteiger partial charge in [-0.15, -0.1) is 0 Å². The zero-order valence-electron chi connectivity index (χ0n) is 11.1. The molecule has 0 amide bonds. The van der Waals surface area contributed by atoms with Crippen molar-refractivity contribution >= 4 is 9.24 Å². The molecular weight excluding hydrogens is 326 g/mol. The lowest BCUT2D eigenvalue weighted by atomic mass is 10.1. The molecule has 0 spiro atoms. The first kappa shape index (κ1) is 18.9. The Hall–Kier alpha value is -0.140. The second kappa shape index (κ2) is 6.96. The van der Waals surface area contributed by atoms with Crippen molar-refractivity contribution in [2.75, 3.05) is 32.8 Å². The van der Waals surface area contributed by atoms with Gasteiger partial charge < -0.3 is 9.64 Å². The fraction of sp³-hybridized carbons (Fsp3) is 1.00. The fourth-order valence-corrected chi connectivity index (χ4v) is 2.12. The average molecular weight is 343 g/mol. The summed E-state index contributed by atoms with van der Waals surface area (Å²) in [6, 6.07) is 0. The molecule has 0 saturated carbocycles. The van der Waals surface area contributed by atoms with Crippen LogP contribution in [0.2, 0.25) is 0 Å². The highest BCUT2D eigenvalue weighted by Gasteiger charge is 2.71. The van der Waals surface area contributed by atoms with Crippen LogP contribution in [0.5, 0.6) is 0 Å². The SMILES string of the molecule is FC(F)C(F)(F)C(F)(P)C(F)(F)COCCN1CCCC1. The largest absolute Gasteiger partial charge is 0.374 e. The van der Waals surface area contributed by atoms with Crippen LogP contribution in [-0.4, -0.2) is 61.4 Å². The van der Waals surface area contributed by atoms with Crippen molar-refractivity contribution in [1.29, 1.82) is 0 Å². The van der Waals surface area contributed by atoms with Gasteiger partial charge in [-0.1, -0.05) is 9.24 Å². The second-order valence-corrected chi connectivity index (χ2v) is 5.74. The van der Waals surface area contributed by atoms with Crippen LogP contribution in [0.25, 0.3) is 0 Å². The summed E-state index contributed by atoms with van der Waals surface area (Å²) in [4.78, 5) is 1.91. The lowest BCUT2D eigenvalue weighted by Gasteiger charge is -2.35. The van der Waals surface area contributed by atoms with Gasteiger partial charge in [-0.2, -0.15) is 17.6 Å². The maximum Gasteiger partial charge on any atom is 0.349 e. The lowest BCUT2D eigenvalue weighted by Crippen LogP contribution is -2.58. The summed E-state index contributed by atoms with van der Waals surface area (Å²) in [7, 11) is 0.496. The van der Waals surface area contributed by atoms with Gasteiger partial charge in [0.05, 0.1) is 6.61 Å². The Morgan fingerprint density at radius 1 is 1.05 bits per heavy atom. The number of halogens is 7. The maximum absolute atomic E-state index is 13.5. The van der Waals surface area contributed by atoms with Crippen molar-refractivity contribution < 1.29 is 35.5 Å². The minimum atomic E-state index is -5.50. The molecular formula is C11H17F7NOP. The Bertz CT molecular complexity index is 335. The van der Waals surface area contributed by atoms with Gasteiger partial charge in [-0.3, -0.25) is 0 Å². The van der Waals surface area contributed by atoms with Gasteiger partial charge in [-0.05, 0) is 25.9 Å². The molecule has 2 atom stereocenters. The lowest BCUT2D eigenvalue weighted by molar-refractivity contribution is -0.259. The standard InChI is InChI=1S/C11H17F7NOP/c12-8(13)10(16,17)11(18,21)9(14,15)7-20-6-5-19-3-1-2-4-19/h8H,1-7,21H2. The summed E-state index contributed by atoms with van der Waals surface area (Å²) < 4.78 is 94.7. The minimum absolute atomic E-state index is 0.212. The van der Waals surface area contributed by atoms with Crippen LogP contribution in [0.1, 0.15) is 12.8 Å². The number of hydrogen-bond acceptors (Lipinski definition) is 2. The second-order valence-electron chi connectivity index (χ2n) is 4.94. The van der Waals surface area contributed by atoms with E-state index in [1.807, 2.05) is 4.90 Å². The molecule has 0 aromatic heterocycles. The van der Waals surface area contributed by atoms with E-state index in [4.69, 9.17) is 0 Å². The third-order valence-electron chi connectivity index (χ3n) is 3.33. The molecule has 1 aliphatic heterocycles. The van der Waals surface area contributed by atoms with E-state index in [-0.39, 0.29) is 6.61 Å². The molecule has 2 nitrogen and oxygen atoms in total. The van der Waals surface area contributed by atoms with Gasteiger partial charge in [0.15, 0.2) is 0 Å². The van der Waals surface area contributed by atoms with E-state index >= 15 is 0 Å². The Balaban J connectivity index is 2.50. The molecule has 10 heteroatoms. The number of hydrogen-bond donors (Lipinski definition) is 0. The molecule has 0 aromatic carbocycles. The van der Waals surface area contributed by atoms with E-state index in [2.05, 4.69) is 4.74 Å². The Morgan fingerprint density at radius 2 is 1.57 bits per heavy atom. The van der Waals surface area contributed by atoms with Crippen LogP contribution in [0, 0.1) is 0 Å². The first-order chi connectivity index (χ1) is 9.52. The fourth-order valence-electron chi connectivity index (χ4n) is 1.91. The van der Waals surface area contributed by atoms with Gasteiger partial charge in [0.2, 0.25) is 0 Å². The van der Waals surface area contributed by atoms with E-state index in [9.17, 15) is 30.7 Å². The molecule has 1 fully saturated rings. The van der Waals surface area contributed by atoms with Crippen LogP contribution < -0.4 is 0 Å². The van der Waals surface area contributed by atoms with Crippen molar-refractivity contribution in [1.82, 2.24) is 4.90 Å². The summed E-state index contributed by atoms with van der Waals surface area (Å²) in [5, 5.41) is -4.78. The van der Waals surface area contributed by atoms with E-state index in [0.29, 0.717) is 15.8 Å². The van der Waals surface area contributed by atoms with Crippen LogP contribution in [0.15, 0.2) is 0 Å². The number of ether oxygens (including phenoxy) is 1. The zero-order chi connectivity index (χ0) is 16.3. The normalized spacial score (nSPS) is 21.0. The van der Waals surface area contributed by atoms with Crippen LogP contribution in [-0.2, 0) is 4.74 Å². The van der Waals surface area contributed by atoms with Crippen LogP contribution in [0.4, 0.5) is 30.7 Å². The van der Waals surface area contributed by atoms with Gasteiger partial charge in [0.25, 0.3) is 5.41 Å². The van der Waals surface area contributed by atoms with Gasteiger partial charge >= 0.3 is 18.3 Å². The smallest absolute Gasteiger partial charge is 0.349 e. The Morgan fingerprint density at radius 3 is 2.05 bits per heavy atom. The predicted octanol–water partition coefficient (Wildman–Crippen LogP) is 3.18. The first-order valence-corrected chi connectivity index (χ1v) is 6.92. The molecule has 1 heterocycles. The van der Waals surface area contributed by atoms with E-state index < -0.39 is 30.3 Å². The Labute approximate surface area is 120 Å². The number of likely N-dealkylation sites (tertiary alicyclic amines) is 1. The number of alkyl halides is 7. The highest BCUT2D eigenvalue weighted by atomic mass is 31.0. The zero-order valence-corrected chi connectivity index (χ0v) is 12.3. The van der Waals surface area contributed by atoms with Crippen molar-refractivity contribution in [2.45, 2.75) is 36.5 Å². The molecule has 0 N–H and O–H groups in total. The van der Waals surface area contributed by atoms with Gasteiger partial charge in [0, 0.05) is 6.54 Å². The molecule has 0 aliphatic carbocycles. The molecule has 21 heavy (non-hydrogen) atoms. The first-order valence-electron chi connectivity index (χ1n) is 6.34. The van der Waals surface area contributed by atoms with Crippen LogP contribution in [0.3, 0.4) is 0 Å². The summed E-state index contributed by atoms with van der Waals surface area (Å²) in [6.07, 6.45) is -2.61. The van der Waals surface area contributed by atoms with E-state index in [1.54, 1.807) is 0 Å². The highest BCUT2D eigenvalue weighted by molar-refractivity contribution is 7.19. The summed E-state index contributed by atoms with van der Waals surface area (Å²) in [5.74, 6) is -10.3. The minimum Gasteiger partial charge on any atom is -0.374 e. The highest BCUT2D eigenvalue weighted by Crippen LogP contribution is 2.51. The van der Waals surface area contributed by atoms with Gasteiger partial charge in [-0.25, -0.2) is 13.2 Å². The summed E-state index contributed by atoms with van der Waals surface area (Å²) in [6.45, 7) is -0.0447. The third-order valence-corrected chi connectivity index (χ3v) is 4.13. The monoisotopic (exact) mass is 343 g/mol. The van der Waals surface area contributed by atoms with Crippen molar-refractivity contribution in [3.8, 4) is 0 Å². The maximum atomic E-state index is 13.5. The van der Waals surface area contributed by atoms with E-state index in [1.165, 1.54) is 0 Å². The van der Waals surface area contributed by atoms with Gasteiger partial charge in [0.1, 0.15) is 6.61 Å². The van der Waals surface area contributed by atoms with E-state index in [0.717, 1.165) is 25.9 Å². The molecule has 126 valence electrons. The predicted molar refractivity (Wildman–Crippen MR) is 65.9 cm³/mol. The summed E-state index contributed by atoms with van der Waals surface area (Å²) in [5.41, 5.74) is 0. The average Bonchev–Trinajstić information content (AvgIpc) is 2.87. The topological polar surface area (TPSA) is 12.5 Å². The Kier molecular flexibility index (Phi) is 6.27. The molecule has 0 radical (unpaired) electrons. The van der Waals surface area contributed by atoms with Crippen molar-refractivity contribution in [3.05, 3.63) is 0 Å². The molecule has 1 rings (SSSR count). The summed E-state index contributed by atoms with van der Waals surface area (Å²) >= 11 is 0. The molecule has 2 unspecified atom stereocenters. The third kappa shape index (κ3) is 4.20. The molecule has 1 saturated heterocycles.